The van der Waals surface area contributed by atoms with Crippen LogP contribution in [0.5, 0.6) is 0 Å². The highest BCUT2D eigenvalue weighted by molar-refractivity contribution is 7.11. The van der Waals surface area contributed by atoms with Crippen molar-refractivity contribution in [2.24, 2.45) is 0 Å². The normalized spacial score (nSPS) is 13.0. The molecule has 0 saturated carbocycles. The van der Waals surface area contributed by atoms with Crippen LogP contribution in [-0.2, 0) is 12.8 Å². The Labute approximate surface area is 97.9 Å². The molecule has 1 unspecified atom stereocenters. The summed E-state index contributed by atoms with van der Waals surface area (Å²) >= 11 is 1.98. The fourth-order valence-corrected chi connectivity index (χ4v) is 2.82. The topological polar surface area (TPSA) is 12.0 Å². The van der Waals surface area contributed by atoms with Crippen LogP contribution in [0.15, 0.2) is 12.1 Å². The van der Waals surface area contributed by atoms with Crippen LogP contribution in [0.25, 0.3) is 0 Å². The summed E-state index contributed by atoms with van der Waals surface area (Å²) in [6, 6.07) is 5.27. The Kier molecular flexibility index (Phi) is 5.96. The summed E-state index contributed by atoms with van der Waals surface area (Å²) in [5, 5.41) is 3.36. The summed E-state index contributed by atoms with van der Waals surface area (Å²) in [5.41, 5.74) is 0. The lowest BCUT2D eigenvalue weighted by molar-refractivity contribution is 0.492. The molecule has 1 aromatic rings. The highest BCUT2D eigenvalue weighted by Gasteiger charge is 2.03. The highest BCUT2D eigenvalue weighted by atomic mass is 32.1. The van der Waals surface area contributed by atoms with E-state index in [1.165, 1.54) is 37.0 Å². The average Bonchev–Trinajstić information content (AvgIpc) is 2.72. The molecule has 86 valence electrons. The third-order valence-electron chi connectivity index (χ3n) is 2.94. The molecule has 0 saturated heterocycles. The van der Waals surface area contributed by atoms with Gasteiger partial charge in [-0.2, -0.15) is 0 Å². The maximum absolute atomic E-state index is 3.36. The third-order valence-corrected chi connectivity index (χ3v) is 4.23. The zero-order valence-corrected chi connectivity index (χ0v) is 11.0. The zero-order chi connectivity index (χ0) is 11.1. The maximum atomic E-state index is 3.36. The molecule has 1 nitrogen and oxygen atoms in total. The molecule has 0 amide bonds. The summed E-state index contributed by atoms with van der Waals surface area (Å²) < 4.78 is 0. The van der Waals surface area contributed by atoms with Crippen molar-refractivity contribution in [2.75, 3.05) is 7.05 Å². The number of hydrogen-bond donors (Lipinski definition) is 1. The van der Waals surface area contributed by atoms with E-state index in [0.29, 0.717) is 6.04 Å². The standard InChI is InChI=1S/C13H23NS/c1-4-11(14-3)7-6-8-13-10-9-12(5-2)15-13/h9-11,14H,4-8H2,1-3H3. The molecular weight excluding hydrogens is 202 g/mol. The molecule has 0 fully saturated rings. The smallest absolute Gasteiger partial charge is 0.00615 e. The first-order valence-corrected chi connectivity index (χ1v) is 6.86. The zero-order valence-electron chi connectivity index (χ0n) is 10.2. The van der Waals surface area contributed by atoms with E-state index in [0.717, 1.165) is 0 Å². The molecule has 0 aliphatic heterocycles. The highest BCUT2D eigenvalue weighted by Crippen LogP contribution is 2.19. The molecule has 0 spiro atoms. The van der Waals surface area contributed by atoms with Crippen molar-refractivity contribution in [3.05, 3.63) is 21.9 Å². The van der Waals surface area contributed by atoms with Gasteiger partial charge in [0.1, 0.15) is 0 Å². The van der Waals surface area contributed by atoms with Crippen LogP contribution in [-0.4, -0.2) is 13.1 Å². The van der Waals surface area contributed by atoms with E-state index < -0.39 is 0 Å². The molecule has 1 aromatic heterocycles. The van der Waals surface area contributed by atoms with Crippen LogP contribution < -0.4 is 5.32 Å². The van der Waals surface area contributed by atoms with Crippen molar-refractivity contribution < 1.29 is 0 Å². The van der Waals surface area contributed by atoms with Gasteiger partial charge >= 0.3 is 0 Å². The van der Waals surface area contributed by atoms with Gasteiger partial charge < -0.3 is 5.32 Å². The average molecular weight is 225 g/mol. The number of thiophene rings is 1. The van der Waals surface area contributed by atoms with E-state index in [2.05, 4.69) is 38.3 Å². The molecule has 1 rings (SSSR count). The van der Waals surface area contributed by atoms with Crippen LogP contribution in [0, 0.1) is 0 Å². The fourth-order valence-electron chi connectivity index (χ4n) is 1.82. The Hall–Kier alpha value is -0.340. The van der Waals surface area contributed by atoms with Gasteiger partial charge in [-0.15, -0.1) is 11.3 Å². The molecule has 1 heterocycles. The predicted octanol–water partition coefficient (Wildman–Crippen LogP) is 3.63. The molecule has 1 atom stereocenters. The molecule has 0 aromatic carbocycles. The maximum Gasteiger partial charge on any atom is 0.00615 e. The van der Waals surface area contributed by atoms with Crippen molar-refractivity contribution in [3.63, 3.8) is 0 Å². The Bertz CT molecular complexity index is 263. The van der Waals surface area contributed by atoms with Crippen LogP contribution in [0.2, 0.25) is 0 Å². The third kappa shape index (κ3) is 4.35. The van der Waals surface area contributed by atoms with E-state index in [1.807, 2.05) is 11.3 Å². The second-order valence-electron chi connectivity index (χ2n) is 4.01. The number of aryl methyl sites for hydroxylation is 2. The Balaban J connectivity index is 2.25. The largest absolute Gasteiger partial charge is 0.317 e. The molecule has 0 radical (unpaired) electrons. The van der Waals surface area contributed by atoms with Crippen molar-refractivity contribution in [2.45, 2.75) is 52.0 Å². The Morgan fingerprint density at radius 1 is 1.27 bits per heavy atom. The van der Waals surface area contributed by atoms with E-state index in [9.17, 15) is 0 Å². The Morgan fingerprint density at radius 3 is 2.53 bits per heavy atom. The van der Waals surface area contributed by atoms with Crippen molar-refractivity contribution >= 4 is 11.3 Å². The van der Waals surface area contributed by atoms with Gasteiger partial charge in [-0.25, -0.2) is 0 Å². The van der Waals surface area contributed by atoms with E-state index in [1.54, 1.807) is 4.88 Å². The molecule has 0 bridgehead atoms. The second kappa shape index (κ2) is 7.02. The lowest BCUT2D eigenvalue weighted by atomic mass is 10.1. The summed E-state index contributed by atoms with van der Waals surface area (Å²) in [7, 11) is 2.06. The van der Waals surface area contributed by atoms with Gasteiger partial charge in [0, 0.05) is 15.8 Å². The monoisotopic (exact) mass is 225 g/mol. The van der Waals surface area contributed by atoms with Gasteiger partial charge in [0.2, 0.25) is 0 Å². The summed E-state index contributed by atoms with van der Waals surface area (Å²) in [4.78, 5) is 3.07. The van der Waals surface area contributed by atoms with Gasteiger partial charge in [0.25, 0.3) is 0 Å². The molecule has 1 N–H and O–H groups in total. The first-order chi connectivity index (χ1) is 7.30. The summed E-state index contributed by atoms with van der Waals surface area (Å²) in [6.45, 7) is 4.48. The minimum absolute atomic E-state index is 0.704. The quantitative estimate of drug-likeness (QED) is 0.747. The van der Waals surface area contributed by atoms with E-state index in [4.69, 9.17) is 0 Å². The minimum atomic E-state index is 0.704. The number of hydrogen-bond acceptors (Lipinski definition) is 2. The van der Waals surface area contributed by atoms with Crippen LogP contribution in [0.3, 0.4) is 0 Å². The molecule has 0 aliphatic carbocycles. The SMILES string of the molecule is CCc1ccc(CCCC(CC)NC)s1. The van der Waals surface area contributed by atoms with E-state index in [-0.39, 0.29) is 0 Å². The molecular formula is C13H23NS. The lowest BCUT2D eigenvalue weighted by Crippen LogP contribution is -2.23. The lowest BCUT2D eigenvalue weighted by Gasteiger charge is -2.12. The second-order valence-corrected chi connectivity index (χ2v) is 5.26. The number of rotatable bonds is 7. The van der Waals surface area contributed by atoms with Crippen LogP contribution in [0.1, 0.15) is 42.9 Å². The van der Waals surface area contributed by atoms with Crippen molar-refractivity contribution in [3.8, 4) is 0 Å². The van der Waals surface area contributed by atoms with Gasteiger partial charge in [0.15, 0.2) is 0 Å². The van der Waals surface area contributed by atoms with Gasteiger partial charge in [0.05, 0.1) is 0 Å². The number of nitrogens with one attached hydrogen (secondary N) is 1. The fraction of sp³-hybridized carbons (Fsp3) is 0.692. The molecule has 15 heavy (non-hydrogen) atoms. The first-order valence-electron chi connectivity index (χ1n) is 6.05. The summed E-state index contributed by atoms with van der Waals surface area (Å²) in [5.74, 6) is 0. The van der Waals surface area contributed by atoms with Gasteiger partial charge in [-0.05, 0) is 51.3 Å². The van der Waals surface area contributed by atoms with Crippen molar-refractivity contribution in [1.82, 2.24) is 5.32 Å². The summed E-state index contributed by atoms with van der Waals surface area (Å²) in [6.07, 6.45) is 6.28. The van der Waals surface area contributed by atoms with Crippen LogP contribution >= 0.6 is 11.3 Å². The van der Waals surface area contributed by atoms with Gasteiger partial charge in [-0.1, -0.05) is 13.8 Å². The van der Waals surface area contributed by atoms with Gasteiger partial charge in [-0.3, -0.25) is 0 Å². The first kappa shape index (κ1) is 12.7. The molecule has 0 aliphatic rings. The minimum Gasteiger partial charge on any atom is -0.317 e. The predicted molar refractivity (Wildman–Crippen MR) is 69.8 cm³/mol. The van der Waals surface area contributed by atoms with Crippen LogP contribution in [0.4, 0.5) is 0 Å². The Morgan fingerprint density at radius 2 is 2.00 bits per heavy atom. The van der Waals surface area contributed by atoms with E-state index >= 15 is 0 Å². The molecule has 2 heteroatoms. The van der Waals surface area contributed by atoms with Crippen molar-refractivity contribution in [1.29, 1.82) is 0 Å².